The Morgan fingerprint density at radius 2 is 2.00 bits per heavy atom. The molecule has 3 nitrogen and oxygen atoms in total. The van der Waals surface area contributed by atoms with E-state index in [-0.39, 0.29) is 5.97 Å². The molecule has 0 aliphatic heterocycles. The van der Waals surface area contributed by atoms with Crippen LogP contribution < -0.4 is 0 Å². The molecule has 0 aromatic heterocycles. The van der Waals surface area contributed by atoms with Crippen LogP contribution in [0, 0.1) is 16.7 Å². The molecule has 0 rings (SSSR count). The summed E-state index contributed by atoms with van der Waals surface area (Å²) in [5.74, 6) is -0.384. The van der Waals surface area contributed by atoms with Crippen LogP contribution >= 0.6 is 0 Å². The van der Waals surface area contributed by atoms with Crippen LogP contribution in [0.15, 0.2) is 0 Å². The first-order valence-corrected chi connectivity index (χ1v) is 8.54. The van der Waals surface area contributed by atoms with E-state index in [2.05, 4.69) is 25.7 Å². The van der Waals surface area contributed by atoms with Crippen LogP contribution in [-0.4, -0.2) is 20.7 Å². The van der Waals surface area contributed by atoms with Gasteiger partial charge in [-0.1, -0.05) is 19.6 Å². The highest BCUT2D eigenvalue weighted by Gasteiger charge is 2.39. The average molecular weight is 213 g/mol. The van der Waals surface area contributed by atoms with Gasteiger partial charge in [0.15, 0.2) is 0 Å². The maximum absolute atomic E-state index is 11.6. The van der Waals surface area contributed by atoms with Crippen molar-refractivity contribution in [2.75, 3.05) is 6.61 Å². The molecular formula is C10H19NO2Si. The molecule has 0 fully saturated rings. The number of nitriles is 1. The molecule has 0 aromatic carbocycles. The van der Waals surface area contributed by atoms with E-state index in [1.54, 1.807) is 13.8 Å². The lowest BCUT2D eigenvalue weighted by Gasteiger charge is -2.26. The summed E-state index contributed by atoms with van der Waals surface area (Å²) in [5, 5.41) is 9.02. The van der Waals surface area contributed by atoms with Crippen LogP contribution in [0.25, 0.3) is 0 Å². The van der Waals surface area contributed by atoms with Crippen LogP contribution in [-0.2, 0) is 9.53 Å². The second-order valence-electron chi connectivity index (χ2n) is 4.90. The minimum absolute atomic E-state index is 0.335. The lowest BCUT2D eigenvalue weighted by atomic mass is 9.96. The summed E-state index contributed by atoms with van der Waals surface area (Å²) in [6.07, 6.45) is 0. The van der Waals surface area contributed by atoms with E-state index >= 15 is 0 Å². The van der Waals surface area contributed by atoms with Crippen molar-refractivity contribution in [1.29, 1.82) is 5.26 Å². The Balaban J connectivity index is 4.66. The van der Waals surface area contributed by atoms with E-state index in [4.69, 9.17) is 10.00 Å². The van der Waals surface area contributed by atoms with Crippen molar-refractivity contribution < 1.29 is 9.53 Å². The number of nitrogens with zero attached hydrogens (tertiary/aromatic N) is 1. The predicted molar refractivity (Wildman–Crippen MR) is 58.5 cm³/mol. The largest absolute Gasteiger partial charge is 0.465 e. The van der Waals surface area contributed by atoms with E-state index in [1.165, 1.54) is 0 Å². The summed E-state index contributed by atoms with van der Waals surface area (Å²) < 4.78 is 4.90. The van der Waals surface area contributed by atoms with Gasteiger partial charge in [0.25, 0.3) is 0 Å². The van der Waals surface area contributed by atoms with Crippen LogP contribution in [0.2, 0.25) is 25.7 Å². The zero-order valence-electron chi connectivity index (χ0n) is 9.68. The fraction of sp³-hybridized carbons (Fsp3) is 0.800. The molecule has 1 atom stereocenters. The second kappa shape index (κ2) is 4.60. The zero-order chi connectivity index (χ0) is 11.4. The smallest absolute Gasteiger partial charge is 0.325 e. The molecule has 0 saturated heterocycles. The van der Waals surface area contributed by atoms with E-state index < -0.39 is 13.5 Å². The lowest BCUT2D eigenvalue weighted by molar-refractivity contribution is -0.150. The van der Waals surface area contributed by atoms with Crippen molar-refractivity contribution >= 4 is 14.0 Å². The summed E-state index contributed by atoms with van der Waals surface area (Å²) in [7, 11) is -1.43. The number of carbonyl (C=O) groups excluding carboxylic acids is 1. The first kappa shape index (κ1) is 13.2. The maximum atomic E-state index is 11.6. The van der Waals surface area contributed by atoms with E-state index in [0.29, 0.717) is 12.7 Å². The van der Waals surface area contributed by atoms with Gasteiger partial charge in [0.05, 0.1) is 12.7 Å². The third-order valence-corrected chi connectivity index (χ3v) is 3.62. The monoisotopic (exact) mass is 213 g/mol. The Kier molecular flexibility index (Phi) is 4.33. The fourth-order valence-corrected chi connectivity index (χ4v) is 3.85. The SMILES string of the molecule is CCOC(=O)C(C)(C#N)C[Si](C)(C)C. The molecule has 0 N–H and O–H groups in total. The van der Waals surface area contributed by atoms with Gasteiger partial charge in [-0.3, -0.25) is 4.79 Å². The number of rotatable bonds is 4. The molecular weight excluding hydrogens is 194 g/mol. The van der Waals surface area contributed by atoms with Crippen molar-refractivity contribution in [2.24, 2.45) is 5.41 Å². The van der Waals surface area contributed by atoms with E-state index in [1.807, 2.05) is 0 Å². The molecule has 0 radical (unpaired) electrons. The Bertz CT molecular complexity index is 252. The van der Waals surface area contributed by atoms with E-state index in [9.17, 15) is 4.79 Å². The Morgan fingerprint density at radius 3 is 2.29 bits per heavy atom. The molecule has 0 aromatic rings. The normalized spacial score (nSPS) is 15.4. The van der Waals surface area contributed by atoms with Gasteiger partial charge >= 0.3 is 5.97 Å². The van der Waals surface area contributed by atoms with Crippen molar-refractivity contribution in [2.45, 2.75) is 39.5 Å². The zero-order valence-corrected chi connectivity index (χ0v) is 10.7. The number of ether oxygens (including phenoxy) is 1. The molecule has 0 heterocycles. The van der Waals surface area contributed by atoms with Crippen LogP contribution in [0.4, 0.5) is 0 Å². The van der Waals surface area contributed by atoms with Gasteiger partial charge in [0.1, 0.15) is 5.41 Å². The molecule has 0 spiro atoms. The number of hydrogen-bond acceptors (Lipinski definition) is 3. The summed E-state index contributed by atoms with van der Waals surface area (Å²) in [4.78, 5) is 11.6. The summed E-state index contributed by atoms with van der Waals surface area (Å²) in [6, 6.07) is 2.73. The number of esters is 1. The highest BCUT2D eigenvalue weighted by atomic mass is 28.3. The molecule has 0 bridgehead atoms. The Hall–Kier alpha value is -0.823. The first-order valence-electron chi connectivity index (χ1n) is 4.83. The van der Waals surface area contributed by atoms with Crippen LogP contribution in [0.3, 0.4) is 0 Å². The molecule has 0 amide bonds. The molecule has 0 aliphatic rings. The highest BCUT2D eigenvalue weighted by Crippen LogP contribution is 2.29. The summed E-state index contributed by atoms with van der Waals surface area (Å²) in [5.41, 5.74) is -0.958. The topological polar surface area (TPSA) is 50.1 Å². The quantitative estimate of drug-likeness (QED) is 0.532. The number of carbonyl (C=O) groups is 1. The van der Waals surface area contributed by atoms with Gasteiger partial charge in [-0.25, -0.2) is 0 Å². The van der Waals surface area contributed by atoms with Gasteiger partial charge in [-0.15, -0.1) is 0 Å². The predicted octanol–water partition coefficient (Wildman–Crippen LogP) is 2.42. The molecule has 0 saturated carbocycles. The minimum atomic E-state index is -1.43. The third kappa shape index (κ3) is 3.92. The maximum Gasteiger partial charge on any atom is 0.325 e. The van der Waals surface area contributed by atoms with Gasteiger partial charge in [0, 0.05) is 8.07 Å². The minimum Gasteiger partial charge on any atom is -0.465 e. The second-order valence-corrected chi connectivity index (χ2v) is 10.4. The molecule has 0 aliphatic carbocycles. The van der Waals surface area contributed by atoms with Gasteiger partial charge < -0.3 is 4.74 Å². The summed E-state index contributed by atoms with van der Waals surface area (Å²) >= 11 is 0. The first-order chi connectivity index (χ1) is 6.25. The molecule has 1 unspecified atom stereocenters. The standard InChI is InChI=1S/C10H19NO2Si/c1-6-13-9(12)10(2,7-11)8-14(3,4)5/h6,8H2,1-5H3. The lowest BCUT2D eigenvalue weighted by Crippen LogP contribution is -2.36. The molecule has 4 heteroatoms. The van der Waals surface area contributed by atoms with Gasteiger partial charge in [-0.2, -0.15) is 5.26 Å². The van der Waals surface area contributed by atoms with Crippen LogP contribution in [0.5, 0.6) is 0 Å². The third-order valence-electron chi connectivity index (χ3n) is 1.86. The summed E-state index contributed by atoms with van der Waals surface area (Å²) in [6.45, 7) is 10.2. The van der Waals surface area contributed by atoms with Gasteiger partial charge in [-0.05, 0) is 19.9 Å². The van der Waals surface area contributed by atoms with Crippen molar-refractivity contribution in [3.05, 3.63) is 0 Å². The fourth-order valence-electron chi connectivity index (χ4n) is 1.51. The Morgan fingerprint density at radius 1 is 1.50 bits per heavy atom. The van der Waals surface area contributed by atoms with Crippen molar-refractivity contribution in [3.63, 3.8) is 0 Å². The van der Waals surface area contributed by atoms with Gasteiger partial charge in [0.2, 0.25) is 0 Å². The molecule has 14 heavy (non-hydrogen) atoms. The van der Waals surface area contributed by atoms with Crippen molar-refractivity contribution in [1.82, 2.24) is 0 Å². The van der Waals surface area contributed by atoms with Crippen LogP contribution in [0.1, 0.15) is 13.8 Å². The number of hydrogen-bond donors (Lipinski definition) is 0. The molecule has 80 valence electrons. The average Bonchev–Trinajstić information content (AvgIpc) is 2.01. The van der Waals surface area contributed by atoms with Crippen molar-refractivity contribution in [3.8, 4) is 6.07 Å². The Labute approximate surface area is 87.1 Å². The van der Waals surface area contributed by atoms with E-state index in [0.717, 1.165) is 0 Å². The highest BCUT2D eigenvalue weighted by molar-refractivity contribution is 6.76.